The Labute approximate surface area is 113 Å². The molecule has 0 aliphatic heterocycles. The van der Waals surface area contributed by atoms with Crippen LogP contribution in [0.3, 0.4) is 0 Å². The fourth-order valence-electron chi connectivity index (χ4n) is 2.22. The number of fused-ring (bicyclic) bond motifs is 1. The molecule has 2 aromatic rings. The van der Waals surface area contributed by atoms with Crippen LogP contribution in [0, 0.1) is 0 Å². The second kappa shape index (κ2) is 4.40. The van der Waals surface area contributed by atoms with Crippen molar-refractivity contribution in [2.75, 3.05) is 0 Å². The number of carboxylic acid groups (broad SMARTS) is 1. The summed E-state index contributed by atoms with van der Waals surface area (Å²) >= 11 is 0. The van der Waals surface area contributed by atoms with Crippen LogP contribution in [0.1, 0.15) is 23.3 Å². The van der Waals surface area contributed by atoms with Gasteiger partial charge in [-0.25, -0.2) is 18.6 Å². The molecule has 0 unspecified atom stereocenters. The average molecular weight is 279 g/mol. The van der Waals surface area contributed by atoms with Crippen LogP contribution in [0.4, 0.5) is 8.78 Å². The highest BCUT2D eigenvalue weighted by molar-refractivity contribution is 5.93. The van der Waals surface area contributed by atoms with Crippen LogP contribution < -0.4 is 4.74 Å². The summed E-state index contributed by atoms with van der Waals surface area (Å²) < 4.78 is 31.2. The minimum absolute atomic E-state index is 0.162. The van der Waals surface area contributed by atoms with Gasteiger partial charge in [-0.15, -0.1) is 0 Å². The molecule has 1 aliphatic carbocycles. The summed E-state index contributed by atoms with van der Waals surface area (Å²) in [6, 6.07) is 8.14. The Morgan fingerprint density at radius 3 is 2.70 bits per heavy atom. The van der Waals surface area contributed by atoms with Crippen molar-refractivity contribution in [3.8, 4) is 5.75 Å². The van der Waals surface area contributed by atoms with Crippen molar-refractivity contribution < 1.29 is 23.4 Å². The molecule has 4 nitrogen and oxygen atoms in total. The lowest BCUT2D eigenvalue weighted by molar-refractivity contribution is -0.134. The van der Waals surface area contributed by atoms with Gasteiger partial charge in [-0.05, 0) is 12.1 Å². The lowest BCUT2D eigenvalue weighted by atomic mass is 9.91. The molecule has 0 amide bonds. The average Bonchev–Trinajstić information content (AvgIpc) is 2.36. The predicted octanol–water partition coefficient (Wildman–Crippen LogP) is 3.11. The van der Waals surface area contributed by atoms with Crippen molar-refractivity contribution in [2.24, 2.45) is 0 Å². The van der Waals surface area contributed by atoms with Gasteiger partial charge >= 0.3 is 5.97 Å². The summed E-state index contributed by atoms with van der Waals surface area (Å²) in [5.74, 6) is -3.57. The van der Waals surface area contributed by atoms with Gasteiger partial charge in [-0.2, -0.15) is 0 Å². The fourth-order valence-corrected chi connectivity index (χ4v) is 2.22. The number of pyridine rings is 1. The van der Waals surface area contributed by atoms with Gasteiger partial charge in [0.2, 0.25) is 0 Å². The van der Waals surface area contributed by atoms with E-state index in [1.807, 2.05) is 0 Å². The quantitative estimate of drug-likeness (QED) is 0.937. The van der Waals surface area contributed by atoms with E-state index in [4.69, 9.17) is 9.84 Å². The van der Waals surface area contributed by atoms with Crippen molar-refractivity contribution in [1.82, 2.24) is 4.98 Å². The van der Waals surface area contributed by atoms with Crippen LogP contribution in [0.25, 0.3) is 10.9 Å². The Hall–Kier alpha value is -2.24. The maximum atomic E-state index is 12.8. The molecule has 20 heavy (non-hydrogen) atoms. The van der Waals surface area contributed by atoms with Crippen molar-refractivity contribution in [3.63, 3.8) is 0 Å². The summed E-state index contributed by atoms with van der Waals surface area (Å²) in [5, 5.41) is 9.64. The van der Waals surface area contributed by atoms with Gasteiger partial charge in [0.25, 0.3) is 5.92 Å². The van der Waals surface area contributed by atoms with E-state index in [2.05, 4.69) is 4.98 Å². The first kappa shape index (κ1) is 12.8. The Bertz CT molecular complexity index is 679. The summed E-state index contributed by atoms with van der Waals surface area (Å²) in [4.78, 5) is 15.0. The topological polar surface area (TPSA) is 59.4 Å². The van der Waals surface area contributed by atoms with Crippen LogP contribution in [0.2, 0.25) is 0 Å². The number of hydrogen-bond acceptors (Lipinski definition) is 3. The highest BCUT2D eigenvalue weighted by Gasteiger charge is 2.47. The molecule has 1 N–H and O–H groups in total. The smallest absolute Gasteiger partial charge is 0.354 e. The molecule has 0 atom stereocenters. The van der Waals surface area contributed by atoms with Gasteiger partial charge in [0.05, 0.1) is 5.52 Å². The molecule has 1 aromatic carbocycles. The normalized spacial score (nSPS) is 17.7. The fraction of sp³-hybridized carbons (Fsp3) is 0.286. The Morgan fingerprint density at radius 1 is 1.35 bits per heavy atom. The number of carboxylic acids is 1. The lowest BCUT2D eigenvalue weighted by Gasteiger charge is -2.35. The number of rotatable bonds is 3. The van der Waals surface area contributed by atoms with Gasteiger partial charge in [0.1, 0.15) is 11.9 Å². The van der Waals surface area contributed by atoms with Gasteiger partial charge in [0.15, 0.2) is 5.69 Å². The second-order valence-corrected chi connectivity index (χ2v) is 4.83. The van der Waals surface area contributed by atoms with E-state index in [0.29, 0.717) is 10.9 Å². The van der Waals surface area contributed by atoms with Crippen LogP contribution in [-0.4, -0.2) is 28.1 Å². The molecular formula is C14H11F2NO3. The number of ether oxygens (including phenoxy) is 1. The largest absolute Gasteiger partial charge is 0.489 e. The minimum Gasteiger partial charge on any atom is -0.489 e. The maximum absolute atomic E-state index is 12.8. The summed E-state index contributed by atoms with van der Waals surface area (Å²) in [5.41, 5.74) is 0.304. The molecule has 104 valence electrons. The highest BCUT2D eigenvalue weighted by Crippen LogP contribution is 2.40. The van der Waals surface area contributed by atoms with E-state index in [-0.39, 0.29) is 24.3 Å². The Balaban J connectivity index is 1.98. The van der Waals surface area contributed by atoms with Crippen LogP contribution in [-0.2, 0) is 0 Å². The number of aromatic nitrogens is 1. The Morgan fingerprint density at radius 2 is 2.05 bits per heavy atom. The van der Waals surface area contributed by atoms with E-state index in [9.17, 15) is 13.6 Å². The molecule has 0 saturated heterocycles. The van der Waals surface area contributed by atoms with E-state index < -0.39 is 18.0 Å². The van der Waals surface area contributed by atoms with E-state index in [0.717, 1.165) is 0 Å². The third kappa shape index (κ3) is 2.29. The number of hydrogen-bond donors (Lipinski definition) is 1. The molecule has 1 saturated carbocycles. The number of para-hydroxylation sites is 1. The van der Waals surface area contributed by atoms with E-state index in [1.165, 1.54) is 6.07 Å². The van der Waals surface area contributed by atoms with Crippen molar-refractivity contribution in [3.05, 3.63) is 36.0 Å². The molecule has 3 rings (SSSR count). The van der Waals surface area contributed by atoms with Crippen LogP contribution >= 0.6 is 0 Å². The van der Waals surface area contributed by atoms with Crippen LogP contribution in [0.15, 0.2) is 30.3 Å². The van der Waals surface area contributed by atoms with Gasteiger partial charge in [0, 0.05) is 24.3 Å². The zero-order valence-electron chi connectivity index (χ0n) is 10.3. The molecule has 1 aromatic heterocycles. The summed E-state index contributed by atoms with van der Waals surface area (Å²) in [7, 11) is 0. The molecule has 0 bridgehead atoms. The zero-order valence-corrected chi connectivity index (χ0v) is 10.3. The minimum atomic E-state index is -2.68. The van der Waals surface area contributed by atoms with Crippen molar-refractivity contribution in [2.45, 2.75) is 24.9 Å². The number of alkyl halides is 2. The first-order valence-corrected chi connectivity index (χ1v) is 6.12. The van der Waals surface area contributed by atoms with Gasteiger partial charge < -0.3 is 9.84 Å². The van der Waals surface area contributed by atoms with Crippen molar-refractivity contribution >= 4 is 16.9 Å². The molecule has 0 radical (unpaired) electrons. The zero-order chi connectivity index (χ0) is 14.3. The third-order valence-corrected chi connectivity index (χ3v) is 3.24. The molecule has 1 heterocycles. The third-order valence-electron chi connectivity index (χ3n) is 3.24. The van der Waals surface area contributed by atoms with E-state index >= 15 is 0 Å². The maximum Gasteiger partial charge on any atom is 0.354 e. The first-order valence-electron chi connectivity index (χ1n) is 6.12. The summed E-state index contributed by atoms with van der Waals surface area (Å²) in [6.07, 6.45) is -1.27. The predicted molar refractivity (Wildman–Crippen MR) is 67.3 cm³/mol. The van der Waals surface area contributed by atoms with Crippen molar-refractivity contribution in [1.29, 1.82) is 0 Å². The molecule has 0 spiro atoms. The molecule has 6 heteroatoms. The number of halogens is 2. The number of aromatic carboxylic acids is 1. The Kier molecular flexibility index (Phi) is 2.81. The van der Waals surface area contributed by atoms with E-state index in [1.54, 1.807) is 24.3 Å². The molecule has 1 aliphatic rings. The highest BCUT2D eigenvalue weighted by atomic mass is 19.3. The number of benzene rings is 1. The molecular weight excluding hydrogens is 268 g/mol. The number of carbonyl (C=O) groups is 1. The summed E-state index contributed by atoms with van der Waals surface area (Å²) in [6.45, 7) is 0. The van der Waals surface area contributed by atoms with Crippen LogP contribution in [0.5, 0.6) is 5.75 Å². The second-order valence-electron chi connectivity index (χ2n) is 4.83. The lowest BCUT2D eigenvalue weighted by Crippen LogP contribution is -2.43. The van der Waals surface area contributed by atoms with Gasteiger partial charge in [-0.3, -0.25) is 0 Å². The standard InChI is InChI=1S/C14H11F2NO3/c15-14(16)6-8(7-14)20-12-5-11(13(18)19)17-10-4-2-1-3-9(10)12/h1-5,8H,6-7H2,(H,18,19). The number of nitrogens with zero attached hydrogens (tertiary/aromatic N) is 1. The monoisotopic (exact) mass is 279 g/mol. The first-order chi connectivity index (χ1) is 9.44. The van der Waals surface area contributed by atoms with Gasteiger partial charge in [-0.1, -0.05) is 12.1 Å². The SMILES string of the molecule is O=C(O)c1cc(OC2CC(F)(F)C2)c2ccccc2n1. The molecule has 1 fully saturated rings.